The van der Waals surface area contributed by atoms with Gasteiger partial charge in [0.15, 0.2) is 5.58 Å². The van der Waals surface area contributed by atoms with Crippen molar-refractivity contribution in [3.8, 4) is 0 Å². The third-order valence-corrected chi connectivity index (χ3v) is 3.69. The van der Waals surface area contributed by atoms with Gasteiger partial charge in [0, 0.05) is 12.6 Å². The van der Waals surface area contributed by atoms with E-state index in [1.807, 2.05) is 38.2 Å². The fraction of sp³-hybridized carbons (Fsp3) is 0.154. The van der Waals surface area contributed by atoms with Crippen LogP contribution in [0.15, 0.2) is 45.3 Å². The molecule has 96 valence electrons. The van der Waals surface area contributed by atoms with Gasteiger partial charge in [-0.3, -0.25) is 0 Å². The Balaban J connectivity index is 1.96. The monoisotopic (exact) mass is 272 g/mol. The second kappa shape index (κ2) is 4.89. The molecule has 0 saturated carbocycles. The van der Waals surface area contributed by atoms with E-state index in [9.17, 15) is 0 Å². The highest BCUT2D eigenvalue weighted by atomic mass is 32.2. The zero-order valence-corrected chi connectivity index (χ0v) is 11.4. The lowest BCUT2D eigenvalue weighted by Gasteiger charge is -2.05. The summed E-state index contributed by atoms with van der Waals surface area (Å²) < 4.78 is 5.67. The van der Waals surface area contributed by atoms with Crippen molar-refractivity contribution < 1.29 is 4.42 Å². The minimum Gasteiger partial charge on any atom is -0.431 e. The summed E-state index contributed by atoms with van der Waals surface area (Å²) >= 11 is 1.40. The van der Waals surface area contributed by atoms with Gasteiger partial charge in [0.25, 0.3) is 5.22 Å². The number of para-hydroxylation sites is 2. The molecule has 0 radical (unpaired) electrons. The van der Waals surface area contributed by atoms with Crippen molar-refractivity contribution in [3.63, 3.8) is 0 Å². The van der Waals surface area contributed by atoms with Gasteiger partial charge < -0.3 is 9.73 Å². The van der Waals surface area contributed by atoms with Crippen LogP contribution in [0.3, 0.4) is 0 Å². The van der Waals surface area contributed by atoms with Gasteiger partial charge in [-0.2, -0.15) is 0 Å². The van der Waals surface area contributed by atoms with Crippen molar-refractivity contribution >= 4 is 28.7 Å². The molecule has 19 heavy (non-hydrogen) atoms. The lowest BCUT2D eigenvalue weighted by atomic mass is 10.3. The minimum atomic E-state index is 0.588. The number of hydrogen-bond donors (Lipinski definition) is 1. The highest BCUT2D eigenvalue weighted by Gasteiger charge is 2.12. The summed E-state index contributed by atoms with van der Waals surface area (Å²) in [6, 6.07) is 7.69. The van der Waals surface area contributed by atoms with Crippen molar-refractivity contribution in [2.24, 2.45) is 0 Å². The maximum absolute atomic E-state index is 5.67. The Labute approximate surface area is 114 Å². The summed E-state index contributed by atoms with van der Waals surface area (Å²) in [6.45, 7) is 1.97. The van der Waals surface area contributed by atoms with Crippen molar-refractivity contribution in [3.05, 3.63) is 36.2 Å². The van der Waals surface area contributed by atoms with Crippen molar-refractivity contribution in [2.45, 2.75) is 17.2 Å². The third kappa shape index (κ3) is 2.26. The molecule has 0 aliphatic rings. The van der Waals surface area contributed by atoms with Gasteiger partial charge >= 0.3 is 0 Å². The first-order chi connectivity index (χ1) is 9.28. The van der Waals surface area contributed by atoms with Gasteiger partial charge in [0.05, 0.1) is 0 Å². The van der Waals surface area contributed by atoms with E-state index in [1.54, 1.807) is 0 Å². The number of rotatable bonds is 3. The quantitative estimate of drug-likeness (QED) is 0.739. The number of aromatic nitrogens is 3. The standard InChI is InChI=1S/C13H12N4OS/c1-8-11(14-2)15-7-16-12(8)19-13-17-9-5-3-4-6-10(9)18-13/h3-7H,1-2H3,(H,14,15,16). The summed E-state index contributed by atoms with van der Waals surface area (Å²) in [4.78, 5) is 12.8. The number of oxazole rings is 1. The number of anilines is 1. The third-order valence-electron chi connectivity index (χ3n) is 2.73. The summed E-state index contributed by atoms with van der Waals surface area (Å²) in [5, 5.41) is 4.46. The molecule has 0 aliphatic heterocycles. The second-order valence-electron chi connectivity index (χ2n) is 3.95. The molecule has 0 atom stereocenters. The number of hydrogen-bond acceptors (Lipinski definition) is 6. The summed E-state index contributed by atoms with van der Waals surface area (Å²) in [6.07, 6.45) is 1.53. The highest BCUT2D eigenvalue weighted by molar-refractivity contribution is 7.99. The maximum atomic E-state index is 5.67. The largest absolute Gasteiger partial charge is 0.431 e. The molecule has 3 aromatic rings. The first kappa shape index (κ1) is 12.0. The zero-order valence-electron chi connectivity index (χ0n) is 10.5. The molecule has 6 heteroatoms. The van der Waals surface area contributed by atoms with Crippen LogP contribution >= 0.6 is 11.8 Å². The van der Waals surface area contributed by atoms with Gasteiger partial charge in [-0.25, -0.2) is 15.0 Å². The molecule has 0 amide bonds. The Morgan fingerprint density at radius 2 is 2.05 bits per heavy atom. The van der Waals surface area contributed by atoms with E-state index in [-0.39, 0.29) is 0 Å². The van der Waals surface area contributed by atoms with Gasteiger partial charge in [0.1, 0.15) is 22.7 Å². The summed E-state index contributed by atoms with van der Waals surface area (Å²) in [5.74, 6) is 0.814. The van der Waals surface area contributed by atoms with E-state index in [1.165, 1.54) is 18.1 Å². The molecule has 0 unspecified atom stereocenters. The van der Waals surface area contributed by atoms with Gasteiger partial charge in [-0.1, -0.05) is 12.1 Å². The van der Waals surface area contributed by atoms with E-state index in [0.29, 0.717) is 5.22 Å². The van der Waals surface area contributed by atoms with Crippen molar-refractivity contribution in [2.75, 3.05) is 12.4 Å². The molecule has 0 fully saturated rings. The zero-order chi connectivity index (χ0) is 13.2. The molecule has 5 nitrogen and oxygen atoms in total. The van der Waals surface area contributed by atoms with Crippen molar-refractivity contribution in [1.82, 2.24) is 15.0 Å². The van der Waals surface area contributed by atoms with Crippen LogP contribution in [0, 0.1) is 6.92 Å². The Morgan fingerprint density at radius 1 is 1.21 bits per heavy atom. The minimum absolute atomic E-state index is 0.588. The van der Waals surface area contributed by atoms with E-state index < -0.39 is 0 Å². The molecule has 1 aromatic carbocycles. The lowest BCUT2D eigenvalue weighted by molar-refractivity contribution is 0.489. The molecule has 0 saturated heterocycles. The van der Waals surface area contributed by atoms with Crippen LogP contribution in [0.25, 0.3) is 11.1 Å². The lowest BCUT2D eigenvalue weighted by Crippen LogP contribution is -1.98. The van der Waals surface area contributed by atoms with E-state index in [4.69, 9.17) is 4.42 Å². The van der Waals surface area contributed by atoms with Crippen LogP contribution in [0.5, 0.6) is 0 Å². The highest BCUT2D eigenvalue weighted by Crippen LogP contribution is 2.31. The van der Waals surface area contributed by atoms with Crippen LogP contribution in [0.1, 0.15) is 5.56 Å². The fourth-order valence-electron chi connectivity index (χ4n) is 1.77. The SMILES string of the molecule is CNc1ncnc(Sc2nc3ccccc3o2)c1C. The van der Waals surface area contributed by atoms with Gasteiger partial charge in [-0.15, -0.1) is 0 Å². The van der Waals surface area contributed by atoms with Crippen LogP contribution in [-0.4, -0.2) is 22.0 Å². The Bertz CT molecular complexity index is 692. The summed E-state index contributed by atoms with van der Waals surface area (Å²) in [5.41, 5.74) is 2.62. The number of benzene rings is 1. The second-order valence-corrected chi connectivity index (χ2v) is 4.89. The first-order valence-electron chi connectivity index (χ1n) is 5.80. The average Bonchev–Trinajstić information content (AvgIpc) is 2.83. The topological polar surface area (TPSA) is 63.8 Å². The number of nitrogens with one attached hydrogen (secondary N) is 1. The molecule has 2 aromatic heterocycles. The molecule has 0 aliphatic carbocycles. The van der Waals surface area contributed by atoms with Crippen LogP contribution < -0.4 is 5.32 Å². The van der Waals surface area contributed by atoms with Crippen LogP contribution in [0.2, 0.25) is 0 Å². The Kier molecular flexibility index (Phi) is 3.08. The molecule has 0 bridgehead atoms. The maximum Gasteiger partial charge on any atom is 0.263 e. The van der Waals surface area contributed by atoms with Crippen LogP contribution in [-0.2, 0) is 0 Å². The van der Waals surface area contributed by atoms with Gasteiger partial charge in [0.2, 0.25) is 0 Å². The predicted molar refractivity (Wildman–Crippen MR) is 74.4 cm³/mol. The normalized spacial score (nSPS) is 10.8. The Morgan fingerprint density at radius 3 is 2.84 bits per heavy atom. The first-order valence-corrected chi connectivity index (χ1v) is 6.62. The van der Waals surface area contributed by atoms with E-state index in [0.717, 1.165) is 27.5 Å². The van der Waals surface area contributed by atoms with E-state index >= 15 is 0 Å². The molecular weight excluding hydrogens is 260 g/mol. The summed E-state index contributed by atoms with van der Waals surface area (Å²) in [7, 11) is 1.84. The smallest absolute Gasteiger partial charge is 0.263 e. The number of fused-ring (bicyclic) bond motifs is 1. The fourth-order valence-corrected chi connectivity index (χ4v) is 2.56. The van der Waals surface area contributed by atoms with Gasteiger partial charge in [-0.05, 0) is 30.8 Å². The molecular formula is C13H12N4OS. The predicted octanol–water partition coefficient (Wildman–Crippen LogP) is 3.12. The number of nitrogens with zero attached hydrogens (tertiary/aromatic N) is 3. The van der Waals surface area contributed by atoms with Crippen molar-refractivity contribution in [1.29, 1.82) is 0 Å². The molecule has 1 N–H and O–H groups in total. The molecule has 2 heterocycles. The molecule has 0 spiro atoms. The van der Waals surface area contributed by atoms with Crippen LogP contribution in [0.4, 0.5) is 5.82 Å². The molecule has 3 rings (SSSR count). The average molecular weight is 272 g/mol. The Hall–Kier alpha value is -2.08. The van der Waals surface area contributed by atoms with E-state index in [2.05, 4.69) is 20.3 Å².